The van der Waals surface area contributed by atoms with Gasteiger partial charge < -0.3 is 10.4 Å². The van der Waals surface area contributed by atoms with E-state index in [1.165, 1.54) is 23.8 Å². The summed E-state index contributed by atoms with van der Waals surface area (Å²) >= 11 is 5.86. The van der Waals surface area contributed by atoms with Gasteiger partial charge in [0.25, 0.3) is 15.7 Å². The monoisotopic (exact) mass is 580 g/mol. The number of pyridine rings is 1. The first-order valence-electron chi connectivity index (χ1n) is 11.2. The van der Waals surface area contributed by atoms with Crippen LogP contribution in [-0.2, 0) is 22.9 Å². The van der Waals surface area contributed by atoms with Crippen LogP contribution in [0.15, 0.2) is 76.6 Å². The van der Waals surface area contributed by atoms with Gasteiger partial charge in [-0.1, -0.05) is 23.7 Å². The molecule has 9 nitrogen and oxygen atoms in total. The highest BCUT2D eigenvalue weighted by atomic mass is 35.5. The summed E-state index contributed by atoms with van der Waals surface area (Å²) < 4.78 is 63.7. The molecule has 0 unspecified atom stereocenters. The number of hydrogen-bond acceptors (Lipinski definition) is 6. The van der Waals surface area contributed by atoms with E-state index in [9.17, 15) is 36.3 Å². The van der Waals surface area contributed by atoms with Crippen LogP contribution in [0.25, 0.3) is 5.69 Å². The van der Waals surface area contributed by atoms with Gasteiger partial charge in [0, 0.05) is 17.8 Å². The number of nitrogens with one attached hydrogen (secondary N) is 1. The van der Waals surface area contributed by atoms with E-state index in [-0.39, 0.29) is 30.2 Å². The molecule has 0 aliphatic rings. The highest BCUT2D eigenvalue weighted by Crippen LogP contribution is 2.31. The molecular formula is C25H20ClF3N4O5S. The molecule has 2 aromatic carbocycles. The van der Waals surface area contributed by atoms with Crippen molar-refractivity contribution in [2.24, 2.45) is 0 Å². The second kappa shape index (κ2) is 10.6. The maximum atomic E-state index is 13.1. The van der Waals surface area contributed by atoms with Crippen molar-refractivity contribution in [3.63, 3.8) is 0 Å². The molecule has 0 bridgehead atoms. The molecule has 1 amide bonds. The van der Waals surface area contributed by atoms with Gasteiger partial charge in [-0.05, 0) is 66.6 Å². The third-order valence-corrected chi connectivity index (χ3v) is 7.59. The zero-order valence-electron chi connectivity index (χ0n) is 20.1. The number of amides is 1. The fourth-order valence-corrected chi connectivity index (χ4v) is 4.61. The molecule has 2 N–H and O–H groups in total. The first-order chi connectivity index (χ1) is 18.3. The Labute approximate surface area is 225 Å². The summed E-state index contributed by atoms with van der Waals surface area (Å²) in [4.78, 5) is 28.8. The average molecular weight is 581 g/mol. The minimum absolute atomic E-state index is 0.0440. The lowest BCUT2D eigenvalue weighted by atomic mass is 10.2. The molecule has 0 radical (unpaired) electrons. The summed E-state index contributed by atoms with van der Waals surface area (Å²) in [7, 11) is -5.57. The van der Waals surface area contributed by atoms with E-state index in [1.807, 2.05) is 0 Å². The van der Waals surface area contributed by atoms with Crippen molar-refractivity contribution in [2.75, 3.05) is 0 Å². The lowest BCUT2D eigenvalue weighted by Crippen LogP contribution is -2.26. The fraction of sp³-hybridized carbons (Fsp3) is 0.160. The average Bonchev–Trinajstić information content (AvgIpc) is 3.10. The van der Waals surface area contributed by atoms with E-state index in [1.54, 1.807) is 30.3 Å². The fourth-order valence-electron chi connectivity index (χ4n) is 3.72. The van der Waals surface area contributed by atoms with Crippen LogP contribution < -0.4 is 11.0 Å². The van der Waals surface area contributed by atoms with Crippen molar-refractivity contribution in [1.29, 1.82) is 0 Å². The van der Waals surface area contributed by atoms with Crippen molar-refractivity contribution in [1.82, 2.24) is 19.4 Å². The molecule has 2 heterocycles. The molecule has 2 aromatic heterocycles. The number of imidazole rings is 1. The zero-order chi connectivity index (χ0) is 28.5. The quantitative estimate of drug-likeness (QED) is 0.341. The summed E-state index contributed by atoms with van der Waals surface area (Å²) in [6.07, 6.45) is 1.39. The molecule has 0 saturated heterocycles. The SMILES string of the molecule is Cc1c(O)n(-c2ccc(S(=O)(=O)C(F)(F)F)cc2)c(=O)n1Cc1ccnc(C(=O)NCc2ccc(Cl)cc2)c1. The molecule has 4 rings (SSSR count). The van der Waals surface area contributed by atoms with Crippen LogP contribution in [0.3, 0.4) is 0 Å². The third kappa shape index (κ3) is 5.68. The standard InChI is InChI=1S/C25H20ClF3N4O5S/c1-15-23(35)33(19-6-8-20(9-7-19)39(37,38)25(27,28)29)24(36)32(15)14-17-10-11-30-21(12-17)22(34)31-13-16-2-4-18(26)5-3-16/h2-12,35H,13-14H2,1H3,(H,31,34). The molecule has 204 valence electrons. The molecule has 0 fully saturated rings. The van der Waals surface area contributed by atoms with Gasteiger partial charge in [-0.3, -0.25) is 14.3 Å². The predicted molar refractivity (Wildman–Crippen MR) is 136 cm³/mol. The number of hydrogen-bond donors (Lipinski definition) is 2. The van der Waals surface area contributed by atoms with Gasteiger partial charge >= 0.3 is 11.2 Å². The van der Waals surface area contributed by atoms with Gasteiger partial charge in [-0.2, -0.15) is 13.2 Å². The number of aromatic hydroxyl groups is 1. The molecule has 14 heteroatoms. The molecule has 39 heavy (non-hydrogen) atoms. The maximum absolute atomic E-state index is 13.1. The normalized spacial score (nSPS) is 11.9. The summed E-state index contributed by atoms with van der Waals surface area (Å²) in [6, 6.07) is 13.4. The minimum Gasteiger partial charge on any atom is -0.493 e. The van der Waals surface area contributed by atoms with E-state index < -0.39 is 37.7 Å². The number of rotatable bonds is 7. The first-order valence-corrected chi connectivity index (χ1v) is 13.1. The predicted octanol–water partition coefficient (Wildman–Crippen LogP) is 3.97. The Morgan fingerprint density at radius 3 is 2.31 bits per heavy atom. The van der Waals surface area contributed by atoms with Crippen LogP contribution in [0.2, 0.25) is 5.02 Å². The van der Waals surface area contributed by atoms with Crippen molar-refractivity contribution in [3.05, 3.63) is 105 Å². The highest BCUT2D eigenvalue weighted by Gasteiger charge is 2.46. The van der Waals surface area contributed by atoms with Gasteiger partial charge in [0.2, 0.25) is 5.88 Å². The number of carbonyl (C=O) groups is 1. The van der Waals surface area contributed by atoms with Crippen LogP contribution in [-0.4, -0.2) is 39.1 Å². The second-order valence-electron chi connectivity index (χ2n) is 8.41. The Morgan fingerprint density at radius 1 is 1.05 bits per heavy atom. The Bertz CT molecular complexity index is 1700. The zero-order valence-corrected chi connectivity index (χ0v) is 21.7. The Kier molecular flexibility index (Phi) is 7.57. The maximum Gasteiger partial charge on any atom is 0.501 e. The highest BCUT2D eigenvalue weighted by molar-refractivity contribution is 7.92. The van der Waals surface area contributed by atoms with Crippen LogP contribution in [0.4, 0.5) is 13.2 Å². The van der Waals surface area contributed by atoms with Crippen molar-refractivity contribution >= 4 is 27.3 Å². The minimum atomic E-state index is -5.57. The Balaban J connectivity index is 1.56. The lowest BCUT2D eigenvalue weighted by Gasteiger charge is -2.09. The van der Waals surface area contributed by atoms with Gasteiger partial charge in [-0.15, -0.1) is 0 Å². The number of halogens is 4. The van der Waals surface area contributed by atoms with Crippen LogP contribution >= 0.6 is 11.6 Å². The molecule has 0 aliphatic heterocycles. The summed E-state index contributed by atoms with van der Waals surface area (Å²) in [5.41, 5.74) is -4.69. The number of alkyl halides is 3. The Hall–Kier alpha value is -4.10. The van der Waals surface area contributed by atoms with E-state index in [2.05, 4.69) is 10.3 Å². The molecule has 0 spiro atoms. The second-order valence-corrected chi connectivity index (χ2v) is 10.8. The van der Waals surface area contributed by atoms with Gasteiger partial charge in [0.15, 0.2) is 0 Å². The van der Waals surface area contributed by atoms with Gasteiger partial charge in [-0.25, -0.2) is 17.8 Å². The van der Waals surface area contributed by atoms with E-state index in [0.717, 1.165) is 22.3 Å². The van der Waals surface area contributed by atoms with E-state index >= 15 is 0 Å². The molecule has 0 aliphatic carbocycles. The van der Waals surface area contributed by atoms with Gasteiger partial charge in [0.1, 0.15) is 5.69 Å². The van der Waals surface area contributed by atoms with E-state index in [0.29, 0.717) is 22.7 Å². The Morgan fingerprint density at radius 2 is 1.69 bits per heavy atom. The molecule has 0 saturated carbocycles. The van der Waals surface area contributed by atoms with Crippen LogP contribution in [0.1, 0.15) is 27.3 Å². The topological polar surface area (TPSA) is 123 Å². The van der Waals surface area contributed by atoms with Crippen molar-refractivity contribution in [3.8, 4) is 11.6 Å². The largest absolute Gasteiger partial charge is 0.501 e. The molecule has 0 atom stereocenters. The first kappa shape index (κ1) is 27.9. The number of carbonyl (C=O) groups excluding carboxylic acids is 1. The summed E-state index contributed by atoms with van der Waals surface area (Å²) in [5.74, 6) is -0.938. The van der Waals surface area contributed by atoms with Gasteiger partial charge in [0.05, 0.1) is 22.8 Å². The van der Waals surface area contributed by atoms with Crippen LogP contribution in [0.5, 0.6) is 5.88 Å². The van der Waals surface area contributed by atoms with Crippen molar-refractivity contribution in [2.45, 2.75) is 30.4 Å². The smallest absolute Gasteiger partial charge is 0.493 e. The number of sulfone groups is 1. The summed E-state index contributed by atoms with van der Waals surface area (Å²) in [5, 5.41) is 13.9. The molecular weight excluding hydrogens is 561 g/mol. The van der Waals surface area contributed by atoms with E-state index in [4.69, 9.17) is 11.6 Å². The number of aromatic nitrogens is 3. The number of benzene rings is 2. The van der Waals surface area contributed by atoms with Crippen molar-refractivity contribution < 1.29 is 31.5 Å². The number of nitrogens with zero attached hydrogens (tertiary/aromatic N) is 3. The van der Waals surface area contributed by atoms with Crippen LogP contribution in [0, 0.1) is 6.92 Å². The third-order valence-electron chi connectivity index (χ3n) is 5.84. The summed E-state index contributed by atoms with van der Waals surface area (Å²) in [6.45, 7) is 1.63. The molecule has 4 aromatic rings. The lowest BCUT2D eigenvalue weighted by molar-refractivity contribution is -0.0436.